The number of nitrogens with zero attached hydrogens (tertiary/aromatic N) is 1. The highest BCUT2D eigenvalue weighted by molar-refractivity contribution is 14.1. The molecule has 2 amide bonds. The predicted molar refractivity (Wildman–Crippen MR) is 88.3 cm³/mol. The Morgan fingerprint density at radius 2 is 2.00 bits per heavy atom. The fraction of sp³-hybridized carbons (Fsp3) is 0.286. The van der Waals surface area contributed by atoms with Crippen LogP contribution in [-0.4, -0.2) is 36.3 Å². The number of methoxy groups -OCH3 is 1. The number of carbonyl (C=O) groups is 2. The van der Waals surface area contributed by atoms with Gasteiger partial charge in [0.15, 0.2) is 0 Å². The second-order valence-electron chi connectivity index (χ2n) is 4.23. The van der Waals surface area contributed by atoms with Crippen LogP contribution in [0.3, 0.4) is 0 Å². The van der Waals surface area contributed by atoms with E-state index in [1.54, 1.807) is 13.2 Å². The monoisotopic (exact) mass is 403 g/mol. The number of thioether (sulfide) groups is 1. The highest BCUT2D eigenvalue weighted by Gasteiger charge is 2.34. The van der Waals surface area contributed by atoms with E-state index in [1.165, 1.54) is 4.90 Å². The summed E-state index contributed by atoms with van der Waals surface area (Å²) in [5, 5.41) is -0.206. The predicted octanol–water partition coefficient (Wildman–Crippen LogP) is 3.36. The van der Waals surface area contributed by atoms with E-state index in [2.05, 4.69) is 22.6 Å². The van der Waals surface area contributed by atoms with E-state index >= 15 is 0 Å². The van der Waals surface area contributed by atoms with Crippen molar-refractivity contribution in [1.29, 1.82) is 0 Å². The zero-order valence-corrected chi connectivity index (χ0v) is 13.9. The Morgan fingerprint density at radius 1 is 1.30 bits per heavy atom. The highest BCUT2D eigenvalue weighted by atomic mass is 127. The first kappa shape index (κ1) is 15.5. The molecule has 0 atom stereocenters. The number of imide groups is 1. The average Bonchev–Trinajstić information content (AvgIpc) is 2.69. The van der Waals surface area contributed by atoms with E-state index in [0.29, 0.717) is 24.5 Å². The molecule has 4 nitrogen and oxygen atoms in total. The van der Waals surface area contributed by atoms with E-state index < -0.39 is 0 Å². The second-order valence-corrected chi connectivity index (χ2v) is 6.47. The molecule has 0 radical (unpaired) electrons. The lowest BCUT2D eigenvalue weighted by Gasteiger charge is -2.11. The van der Waals surface area contributed by atoms with Crippen LogP contribution in [0.25, 0.3) is 6.08 Å². The van der Waals surface area contributed by atoms with Gasteiger partial charge in [0.25, 0.3) is 11.1 Å². The molecule has 1 aromatic carbocycles. The quantitative estimate of drug-likeness (QED) is 0.430. The summed E-state index contributed by atoms with van der Waals surface area (Å²) >= 11 is 3.22. The van der Waals surface area contributed by atoms with Gasteiger partial charge in [0.2, 0.25) is 0 Å². The Morgan fingerprint density at radius 3 is 2.65 bits per heavy atom. The van der Waals surface area contributed by atoms with E-state index in [-0.39, 0.29) is 11.1 Å². The minimum absolute atomic E-state index is 0.206. The van der Waals surface area contributed by atoms with Gasteiger partial charge in [0.05, 0.1) is 4.91 Å². The van der Waals surface area contributed by atoms with Gasteiger partial charge in [-0.1, -0.05) is 12.1 Å². The third-order valence-corrected chi connectivity index (χ3v) is 4.40. The van der Waals surface area contributed by atoms with E-state index in [1.807, 2.05) is 24.3 Å². The number of rotatable bonds is 5. The number of ether oxygens (including phenoxy) is 1. The topological polar surface area (TPSA) is 46.6 Å². The van der Waals surface area contributed by atoms with Crippen molar-refractivity contribution in [2.45, 2.75) is 6.42 Å². The van der Waals surface area contributed by atoms with E-state index in [9.17, 15) is 9.59 Å². The zero-order chi connectivity index (χ0) is 14.5. The molecule has 1 fully saturated rings. The molecule has 0 N–H and O–H groups in total. The lowest BCUT2D eigenvalue weighted by atomic mass is 10.2. The average molecular weight is 403 g/mol. The molecular formula is C14H14INO3S. The summed E-state index contributed by atoms with van der Waals surface area (Å²) in [6, 6.07) is 7.80. The summed E-state index contributed by atoms with van der Waals surface area (Å²) in [7, 11) is 1.60. The van der Waals surface area contributed by atoms with Gasteiger partial charge < -0.3 is 4.74 Å². The van der Waals surface area contributed by atoms with Gasteiger partial charge >= 0.3 is 0 Å². The molecule has 0 unspecified atom stereocenters. The summed E-state index contributed by atoms with van der Waals surface area (Å²) in [6.07, 6.45) is 2.42. The Hall–Kier alpha value is -0.860. The Bertz CT molecular complexity index is 542. The maximum Gasteiger partial charge on any atom is 0.293 e. The van der Waals surface area contributed by atoms with Gasteiger partial charge in [0.1, 0.15) is 0 Å². The number of hydrogen-bond donors (Lipinski definition) is 0. The van der Waals surface area contributed by atoms with Crippen LogP contribution in [0, 0.1) is 3.57 Å². The summed E-state index contributed by atoms with van der Waals surface area (Å²) in [4.78, 5) is 25.7. The van der Waals surface area contributed by atoms with Gasteiger partial charge in [-0.15, -0.1) is 0 Å². The molecular weight excluding hydrogens is 389 g/mol. The third-order valence-electron chi connectivity index (χ3n) is 2.77. The maximum absolute atomic E-state index is 12.2. The van der Waals surface area contributed by atoms with Gasteiger partial charge in [0, 0.05) is 23.8 Å². The van der Waals surface area contributed by atoms with Crippen molar-refractivity contribution in [1.82, 2.24) is 4.90 Å². The van der Waals surface area contributed by atoms with Crippen molar-refractivity contribution in [2.24, 2.45) is 0 Å². The Kier molecular flexibility index (Phi) is 5.62. The highest BCUT2D eigenvalue weighted by Crippen LogP contribution is 2.32. The fourth-order valence-electron chi connectivity index (χ4n) is 1.77. The first-order valence-corrected chi connectivity index (χ1v) is 8.01. The first-order valence-electron chi connectivity index (χ1n) is 6.11. The van der Waals surface area contributed by atoms with Crippen LogP contribution < -0.4 is 0 Å². The summed E-state index contributed by atoms with van der Waals surface area (Å²) in [5.41, 5.74) is 0.924. The normalized spacial score (nSPS) is 17.3. The molecule has 1 heterocycles. The number of hydrogen-bond acceptors (Lipinski definition) is 4. The summed E-state index contributed by atoms with van der Waals surface area (Å²) in [6.45, 7) is 0.945. The molecule has 2 rings (SSSR count). The molecule has 0 spiro atoms. The third kappa shape index (κ3) is 3.83. The number of benzene rings is 1. The first-order chi connectivity index (χ1) is 9.61. The van der Waals surface area contributed by atoms with Crippen molar-refractivity contribution >= 4 is 51.6 Å². The van der Waals surface area contributed by atoms with Crippen molar-refractivity contribution in [3.05, 3.63) is 38.3 Å². The van der Waals surface area contributed by atoms with Crippen LogP contribution in [0.1, 0.15) is 12.0 Å². The maximum atomic E-state index is 12.2. The molecule has 20 heavy (non-hydrogen) atoms. The van der Waals surface area contributed by atoms with Crippen molar-refractivity contribution in [2.75, 3.05) is 20.3 Å². The molecule has 1 aliphatic heterocycles. The van der Waals surface area contributed by atoms with Gasteiger partial charge in [-0.3, -0.25) is 14.5 Å². The molecule has 1 aromatic rings. The largest absolute Gasteiger partial charge is 0.385 e. The molecule has 0 saturated carbocycles. The van der Waals surface area contributed by atoms with Gasteiger partial charge in [-0.25, -0.2) is 0 Å². The Labute approximate surface area is 135 Å². The van der Waals surface area contributed by atoms with Gasteiger partial charge in [-0.05, 0) is 64.5 Å². The van der Waals surface area contributed by atoms with E-state index in [4.69, 9.17) is 4.74 Å². The zero-order valence-electron chi connectivity index (χ0n) is 11.0. The number of amides is 2. The van der Waals surface area contributed by atoms with Crippen LogP contribution in [0.2, 0.25) is 0 Å². The van der Waals surface area contributed by atoms with E-state index in [0.717, 1.165) is 20.9 Å². The van der Waals surface area contributed by atoms with Gasteiger partial charge in [-0.2, -0.15) is 0 Å². The van der Waals surface area contributed by atoms with Crippen LogP contribution in [0.5, 0.6) is 0 Å². The molecule has 0 aromatic heterocycles. The molecule has 6 heteroatoms. The summed E-state index contributed by atoms with van der Waals surface area (Å²) in [5.74, 6) is -0.213. The SMILES string of the molecule is COCCCN1C(=O)S/C(=C/c2ccc(I)cc2)C1=O. The standard InChI is InChI=1S/C14H14INO3S/c1-19-8-2-7-16-13(17)12(20-14(16)18)9-10-3-5-11(15)6-4-10/h3-6,9H,2,7-8H2,1H3/b12-9+. The number of halogens is 1. The molecule has 1 saturated heterocycles. The Balaban J connectivity index is 2.09. The summed E-state index contributed by atoms with van der Waals surface area (Å²) < 4.78 is 6.07. The molecule has 1 aliphatic rings. The fourth-order valence-corrected chi connectivity index (χ4v) is 2.99. The molecule has 0 aliphatic carbocycles. The number of carbonyl (C=O) groups excluding carboxylic acids is 2. The molecule has 106 valence electrons. The van der Waals surface area contributed by atoms with Crippen LogP contribution in [-0.2, 0) is 9.53 Å². The van der Waals surface area contributed by atoms with Crippen LogP contribution in [0.15, 0.2) is 29.2 Å². The minimum atomic E-state index is -0.213. The van der Waals surface area contributed by atoms with Crippen molar-refractivity contribution in [3.8, 4) is 0 Å². The van der Waals surface area contributed by atoms with Crippen LogP contribution >= 0.6 is 34.4 Å². The lowest BCUT2D eigenvalue weighted by Crippen LogP contribution is -2.29. The molecule has 0 bridgehead atoms. The van der Waals surface area contributed by atoms with Crippen LogP contribution in [0.4, 0.5) is 4.79 Å². The second kappa shape index (κ2) is 7.24. The van der Waals surface area contributed by atoms with Crippen molar-refractivity contribution in [3.63, 3.8) is 0 Å². The smallest absolute Gasteiger partial charge is 0.293 e. The van der Waals surface area contributed by atoms with Crippen molar-refractivity contribution < 1.29 is 14.3 Å². The minimum Gasteiger partial charge on any atom is -0.385 e. The lowest BCUT2D eigenvalue weighted by molar-refractivity contribution is -0.122.